The van der Waals surface area contributed by atoms with Gasteiger partial charge in [-0.05, 0) is 67.1 Å². The fourth-order valence-corrected chi connectivity index (χ4v) is 5.13. The number of nitrogens with one attached hydrogen (secondary N) is 1. The van der Waals surface area contributed by atoms with Crippen LogP contribution in [0.15, 0.2) is 108 Å². The van der Waals surface area contributed by atoms with Gasteiger partial charge in [0, 0.05) is 11.6 Å². The Morgan fingerprint density at radius 2 is 1.51 bits per heavy atom. The minimum atomic E-state index is -4.28. The first kappa shape index (κ1) is 29.1. The van der Waals surface area contributed by atoms with Gasteiger partial charge in [0.1, 0.15) is 28.6 Å². The van der Waals surface area contributed by atoms with Crippen molar-refractivity contribution in [1.82, 2.24) is 5.32 Å². The number of benzene rings is 4. The van der Waals surface area contributed by atoms with Gasteiger partial charge in [-0.15, -0.1) is 0 Å². The van der Waals surface area contributed by atoms with Crippen molar-refractivity contribution >= 4 is 39.7 Å². The first-order chi connectivity index (χ1) is 20.6. The van der Waals surface area contributed by atoms with Crippen molar-refractivity contribution in [2.75, 3.05) is 12.0 Å². The number of nitrogens with zero attached hydrogens (tertiary/aromatic N) is 1. The van der Waals surface area contributed by atoms with Crippen molar-refractivity contribution < 1.29 is 36.5 Å². The minimum Gasteiger partial charge on any atom is -0.497 e. The van der Waals surface area contributed by atoms with Gasteiger partial charge in [0.15, 0.2) is 5.75 Å². The van der Waals surface area contributed by atoms with E-state index >= 15 is 0 Å². The number of barbiturate groups is 1. The van der Waals surface area contributed by atoms with E-state index in [4.69, 9.17) is 13.7 Å². The maximum Gasteiger partial charge on any atom is 0.339 e. The lowest BCUT2D eigenvalue weighted by atomic mass is 10.1. The molecule has 43 heavy (non-hydrogen) atoms. The monoisotopic (exact) mass is 598 g/mol. The first-order valence-corrected chi connectivity index (χ1v) is 14.4. The van der Waals surface area contributed by atoms with E-state index in [-0.39, 0.29) is 27.6 Å². The lowest BCUT2D eigenvalue weighted by molar-refractivity contribution is -0.122. The Labute approximate surface area is 248 Å². The highest BCUT2D eigenvalue weighted by atomic mass is 32.2. The zero-order chi connectivity index (χ0) is 30.6. The normalized spacial score (nSPS) is 14.4. The number of hydrogen-bond donors (Lipinski definition) is 1. The molecule has 0 spiro atoms. The maximum atomic E-state index is 13.5. The zero-order valence-electron chi connectivity index (χ0n) is 23.1. The second kappa shape index (κ2) is 12.2. The summed E-state index contributed by atoms with van der Waals surface area (Å²) in [5.41, 5.74) is 1.71. The third-order valence-electron chi connectivity index (χ3n) is 6.47. The van der Waals surface area contributed by atoms with Gasteiger partial charge in [-0.1, -0.05) is 48.0 Å². The Bertz CT molecular complexity index is 1820. The standard InChI is InChI=1S/C32H26N2O8S/c1-21-8-16-27(17-9-21)43(38,39)42-29-19-26(40-2)13-10-23(29)18-28-30(35)33-32(37)34(31(28)36)24-11-14-25(15-12-24)41-20-22-6-4-3-5-7-22/h3-19H,20H2,1-2H3,(H,33,35,37)/b28-18+. The molecule has 0 bridgehead atoms. The Hall–Kier alpha value is -5.42. The van der Waals surface area contributed by atoms with Crippen LogP contribution in [0.3, 0.4) is 0 Å². The van der Waals surface area contributed by atoms with Gasteiger partial charge in [-0.3, -0.25) is 14.9 Å². The van der Waals surface area contributed by atoms with Gasteiger partial charge >= 0.3 is 16.1 Å². The van der Waals surface area contributed by atoms with Gasteiger partial charge in [0.05, 0.1) is 12.8 Å². The molecule has 0 unspecified atom stereocenters. The minimum absolute atomic E-state index is 0.0843. The van der Waals surface area contributed by atoms with Crippen LogP contribution < -0.4 is 23.9 Å². The SMILES string of the molecule is COc1ccc(/C=C2\C(=O)NC(=O)N(c3ccc(OCc4ccccc4)cc3)C2=O)c(OS(=O)(=O)c2ccc(C)cc2)c1. The highest BCUT2D eigenvalue weighted by molar-refractivity contribution is 7.87. The van der Waals surface area contributed by atoms with E-state index in [1.807, 2.05) is 37.3 Å². The maximum absolute atomic E-state index is 13.5. The van der Waals surface area contributed by atoms with E-state index in [9.17, 15) is 22.8 Å². The summed E-state index contributed by atoms with van der Waals surface area (Å²) in [6, 6.07) is 25.2. The van der Waals surface area contributed by atoms with Crippen molar-refractivity contribution in [3.63, 3.8) is 0 Å². The number of aryl methyl sites for hydroxylation is 1. The number of amides is 4. The van der Waals surface area contributed by atoms with E-state index in [1.54, 1.807) is 24.3 Å². The van der Waals surface area contributed by atoms with Crippen molar-refractivity contribution in [3.8, 4) is 17.2 Å². The molecule has 5 rings (SSSR count). The molecule has 1 saturated heterocycles. The molecule has 1 aliphatic heterocycles. The molecule has 1 heterocycles. The van der Waals surface area contributed by atoms with Crippen molar-refractivity contribution in [3.05, 3.63) is 119 Å². The number of ether oxygens (including phenoxy) is 2. The molecule has 0 aliphatic carbocycles. The summed E-state index contributed by atoms with van der Waals surface area (Å²) in [6.07, 6.45) is 1.16. The zero-order valence-corrected chi connectivity index (χ0v) is 24.0. The number of imide groups is 2. The molecular formula is C32H26N2O8S. The fraction of sp³-hybridized carbons (Fsp3) is 0.0938. The average molecular weight is 599 g/mol. The Morgan fingerprint density at radius 1 is 0.837 bits per heavy atom. The van der Waals surface area contributed by atoms with Gasteiger partial charge in [-0.2, -0.15) is 8.42 Å². The molecule has 1 aliphatic rings. The molecule has 0 radical (unpaired) electrons. The quantitative estimate of drug-likeness (QED) is 0.162. The number of carbonyl (C=O) groups is 3. The number of urea groups is 1. The summed E-state index contributed by atoms with van der Waals surface area (Å²) >= 11 is 0. The summed E-state index contributed by atoms with van der Waals surface area (Å²) in [6.45, 7) is 2.15. The summed E-state index contributed by atoms with van der Waals surface area (Å²) in [4.78, 5) is 39.7. The third-order valence-corrected chi connectivity index (χ3v) is 7.72. The lowest BCUT2D eigenvalue weighted by Crippen LogP contribution is -2.54. The van der Waals surface area contributed by atoms with Crippen molar-refractivity contribution in [1.29, 1.82) is 0 Å². The Kier molecular flexibility index (Phi) is 8.26. The molecule has 4 amide bonds. The van der Waals surface area contributed by atoms with Crippen LogP contribution in [0.5, 0.6) is 17.2 Å². The number of methoxy groups -OCH3 is 1. The van der Waals surface area contributed by atoms with Gasteiger partial charge in [0.2, 0.25) is 0 Å². The molecule has 10 nitrogen and oxygen atoms in total. The smallest absolute Gasteiger partial charge is 0.339 e. The van der Waals surface area contributed by atoms with E-state index in [2.05, 4.69) is 5.32 Å². The van der Waals surface area contributed by atoms with Crippen molar-refractivity contribution in [2.24, 2.45) is 0 Å². The topological polar surface area (TPSA) is 128 Å². The van der Waals surface area contributed by atoms with Crippen LogP contribution in [0.4, 0.5) is 10.5 Å². The third kappa shape index (κ3) is 6.57. The van der Waals surface area contributed by atoms with E-state index < -0.39 is 33.5 Å². The van der Waals surface area contributed by atoms with Crippen LogP contribution >= 0.6 is 0 Å². The van der Waals surface area contributed by atoms with E-state index in [0.717, 1.165) is 22.1 Å². The Morgan fingerprint density at radius 3 is 2.19 bits per heavy atom. The molecule has 0 atom stereocenters. The molecule has 4 aromatic carbocycles. The van der Waals surface area contributed by atoms with Gasteiger partial charge in [-0.25, -0.2) is 9.69 Å². The number of rotatable bonds is 9. The van der Waals surface area contributed by atoms with E-state index in [0.29, 0.717) is 12.4 Å². The fourth-order valence-electron chi connectivity index (χ4n) is 4.18. The number of anilines is 1. The predicted octanol–water partition coefficient (Wildman–Crippen LogP) is 5.02. The van der Waals surface area contributed by atoms with Crippen LogP contribution in [0.2, 0.25) is 0 Å². The second-order valence-corrected chi connectivity index (χ2v) is 11.0. The lowest BCUT2D eigenvalue weighted by Gasteiger charge is -2.26. The summed E-state index contributed by atoms with van der Waals surface area (Å²) in [5, 5.41) is 2.16. The summed E-state index contributed by atoms with van der Waals surface area (Å²) in [5.74, 6) is -1.25. The average Bonchev–Trinajstić information content (AvgIpc) is 3.00. The number of hydrogen-bond acceptors (Lipinski definition) is 8. The van der Waals surface area contributed by atoms with Crippen molar-refractivity contribution in [2.45, 2.75) is 18.4 Å². The first-order valence-electron chi connectivity index (χ1n) is 13.0. The van der Waals surface area contributed by atoms with Crippen LogP contribution in [0.25, 0.3) is 6.08 Å². The molecule has 0 aromatic heterocycles. The predicted molar refractivity (Wildman–Crippen MR) is 158 cm³/mol. The summed E-state index contributed by atoms with van der Waals surface area (Å²) in [7, 11) is -2.89. The largest absolute Gasteiger partial charge is 0.497 e. The van der Waals surface area contributed by atoms with E-state index in [1.165, 1.54) is 49.6 Å². The molecule has 11 heteroatoms. The van der Waals surface area contributed by atoms with Crippen LogP contribution in [-0.2, 0) is 26.3 Å². The van der Waals surface area contributed by atoms with Crippen LogP contribution in [-0.4, -0.2) is 33.4 Å². The second-order valence-electron chi connectivity index (χ2n) is 9.48. The molecule has 0 saturated carbocycles. The molecule has 1 fully saturated rings. The highest BCUT2D eigenvalue weighted by Gasteiger charge is 2.37. The van der Waals surface area contributed by atoms with Gasteiger partial charge in [0.25, 0.3) is 11.8 Å². The number of carbonyl (C=O) groups excluding carboxylic acids is 3. The molecule has 4 aromatic rings. The van der Waals surface area contributed by atoms with Gasteiger partial charge < -0.3 is 13.7 Å². The molecule has 218 valence electrons. The highest BCUT2D eigenvalue weighted by Crippen LogP contribution is 2.31. The molecule has 1 N–H and O–H groups in total. The van der Waals surface area contributed by atoms with Crippen LogP contribution in [0.1, 0.15) is 16.7 Å². The summed E-state index contributed by atoms with van der Waals surface area (Å²) < 4.78 is 42.5. The molecular weight excluding hydrogens is 572 g/mol. The Balaban J connectivity index is 1.42. The van der Waals surface area contributed by atoms with Crippen LogP contribution in [0, 0.1) is 6.92 Å².